The van der Waals surface area contributed by atoms with Crippen molar-refractivity contribution in [2.45, 2.75) is 6.92 Å². The van der Waals surface area contributed by atoms with Gasteiger partial charge in [0.2, 0.25) is 0 Å². The number of carbonyl (C=O) groups is 1. The van der Waals surface area contributed by atoms with Crippen molar-refractivity contribution in [3.63, 3.8) is 0 Å². The largest absolute Gasteiger partial charge is 0.496 e. The Morgan fingerprint density at radius 1 is 1.57 bits per heavy atom. The van der Waals surface area contributed by atoms with Crippen LogP contribution in [0.15, 0.2) is 16.6 Å². The van der Waals surface area contributed by atoms with E-state index in [1.54, 1.807) is 13.2 Å². The molecular formula is C10H12BrNO2. The average molecular weight is 258 g/mol. The molecule has 0 saturated carbocycles. The van der Waals surface area contributed by atoms with Crippen LogP contribution < -0.4 is 10.5 Å². The Kier molecular flexibility index (Phi) is 3.66. The lowest BCUT2D eigenvalue weighted by Gasteiger charge is -2.08. The topological polar surface area (TPSA) is 52.3 Å². The van der Waals surface area contributed by atoms with E-state index in [1.165, 1.54) is 0 Å². The van der Waals surface area contributed by atoms with Crippen molar-refractivity contribution >= 4 is 21.7 Å². The summed E-state index contributed by atoms with van der Waals surface area (Å²) in [6.07, 6.45) is 0. The third kappa shape index (κ3) is 2.13. The predicted molar refractivity (Wildman–Crippen MR) is 58.8 cm³/mol. The van der Waals surface area contributed by atoms with Crippen LogP contribution in [0.3, 0.4) is 0 Å². The van der Waals surface area contributed by atoms with Crippen LogP contribution in [0.25, 0.3) is 0 Å². The number of nitrogens with two attached hydrogens (primary N) is 1. The fourth-order valence-electron chi connectivity index (χ4n) is 1.22. The molecule has 0 aliphatic rings. The predicted octanol–water partition coefficient (Wildman–Crippen LogP) is 1.91. The Balaban J connectivity index is 3.24. The van der Waals surface area contributed by atoms with E-state index in [0.717, 1.165) is 10.0 Å². The van der Waals surface area contributed by atoms with Gasteiger partial charge in [0.1, 0.15) is 5.75 Å². The number of carbonyl (C=O) groups excluding carboxylic acids is 1. The zero-order chi connectivity index (χ0) is 10.7. The molecule has 0 saturated heterocycles. The SMILES string of the molecule is COc1cc(C(=O)CN)c(C)cc1Br. The van der Waals surface area contributed by atoms with E-state index in [9.17, 15) is 4.79 Å². The van der Waals surface area contributed by atoms with Gasteiger partial charge in [-0.05, 0) is 40.5 Å². The van der Waals surface area contributed by atoms with Crippen LogP contribution in [0.5, 0.6) is 5.75 Å². The molecule has 1 aromatic rings. The molecule has 76 valence electrons. The lowest BCUT2D eigenvalue weighted by atomic mass is 10.0. The number of Topliss-reactive ketones (excluding diaryl/α,β-unsaturated/α-hetero) is 1. The van der Waals surface area contributed by atoms with Gasteiger partial charge in [0.25, 0.3) is 0 Å². The van der Waals surface area contributed by atoms with Gasteiger partial charge in [0.15, 0.2) is 5.78 Å². The number of hydrogen-bond acceptors (Lipinski definition) is 3. The van der Waals surface area contributed by atoms with E-state index in [1.807, 2.05) is 13.0 Å². The first kappa shape index (κ1) is 11.2. The molecule has 0 aliphatic carbocycles. The molecule has 0 bridgehead atoms. The average Bonchev–Trinajstić information content (AvgIpc) is 2.17. The number of ether oxygens (including phenoxy) is 1. The Morgan fingerprint density at radius 2 is 2.21 bits per heavy atom. The molecule has 3 nitrogen and oxygen atoms in total. The summed E-state index contributed by atoms with van der Waals surface area (Å²) < 4.78 is 5.93. The first-order valence-electron chi connectivity index (χ1n) is 4.17. The molecule has 0 heterocycles. The van der Waals surface area contributed by atoms with Crippen LogP contribution in [0.1, 0.15) is 15.9 Å². The van der Waals surface area contributed by atoms with Gasteiger partial charge >= 0.3 is 0 Å². The molecular weight excluding hydrogens is 246 g/mol. The molecule has 2 N–H and O–H groups in total. The van der Waals surface area contributed by atoms with Crippen LogP contribution >= 0.6 is 15.9 Å². The minimum Gasteiger partial charge on any atom is -0.496 e. The van der Waals surface area contributed by atoms with Crippen LogP contribution in [0.4, 0.5) is 0 Å². The minimum absolute atomic E-state index is 0.0195. The van der Waals surface area contributed by atoms with Crippen molar-refractivity contribution in [3.05, 3.63) is 27.7 Å². The summed E-state index contributed by atoms with van der Waals surface area (Å²) in [4.78, 5) is 11.4. The summed E-state index contributed by atoms with van der Waals surface area (Å²) >= 11 is 3.34. The molecule has 14 heavy (non-hydrogen) atoms. The minimum atomic E-state index is -0.0756. The second-order valence-electron chi connectivity index (χ2n) is 2.93. The number of ketones is 1. The summed E-state index contributed by atoms with van der Waals surface area (Å²) in [6, 6.07) is 3.55. The Morgan fingerprint density at radius 3 is 2.71 bits per heavy atom. The zero-order valence-corrected chi connectivity index (χ0v) is 9.72. The summed E-state index contributed by atoms with van der Waals surface area (Å²) in [7, 11) is 1.56. The Bertz CT molecular complexity index is 363. The van der Waals surface area contributed by atoms with Gasteiger partial charge in [-0.15, -0.1) is 0 Å². The number of hydrogen-bond donors (Lipinski definition) is 1. The third-order valence-corrected chi connectivity index (χ3v) is 2.60. The van der Waals surface area contributed by atoms with E-state index in [2.05, 4.69) is 15.9 Å². The number of benzene rings is 1. The van der Waals surface area contributed by atoms with Crippen molar-refractivity contribution in [2.75, 3.05) is 13.7 Å². The maximum absolute atomic E-state index is 11.4. The van der Waals surface area contributed by atoms with Gasteiger partial charge in [-0.2, -0.15) is 0 Å². The fourth-order valence-corrected chi connectivity index (χ4v) is 1.84. The molecule has 0 unspecified atom stereocenters. The maximum atomic E-state index is 11.4. The molecule has 0 radical (unpaired) electrons. The van der Waals surface area contributed by atoms with Crippen molar-refractivity contribution in [1.82, 2.24) is 0 Å². The Hall–Kier alpha value is -0.870. The molecule has 0 fully saturated rings. The molecule has 0 aromatic heterocycles. The van der Waals surface area contributed by atoms with Crippen molar-refractivity contribution in [1.29, 1.82) is 0 Å². The van der Waals surface area contributed by atoms with Crippen LogP contribution in [0, 0.1) is 6.92 Å². The molecule has 4 heteroatoms. The molecule has 0 amide bonds. The van der Waals surface area contributed by atoms with E-state index in [4.69, 9.17) is 10.5 Å². The summed E-state index contributed by atoms with van der Waals surface area (Å²) in [6.45, 7) is 1.89. The molecule has 0 atom stereocenters. The first-order chi connectivity index (χ1) is 6.60. The van der Waals surface area contributed by atoms with E-state index >= 15 is 0 Å². The van der Waals surface area contributed by atoms with Gasteiger partial charge in [-0.3, -0.25) is 4.79 Å². The number of halogens is 1. The molecule has 1 aromatic carbocycles. The lowest BCUT2D eigenvalue weighted by molar-refractivity contribution is 0.100. The van der Waals surface area contributed by atoms with Gasteiger partial charge in [-0.1, -0.05) is 0 Å². The molecule has 0 spiro atoms. The normalized spacial score (nSPS) is 10.0. The standard InChI is InChI=1S/C10H12BrNO2/c1-6-3-8(11)10(14-2)4-7(6)9(13)5-12/h3-4H,5,12H2,1-2H3. The van der Waals surface area contributed by atoms with Crippen LogP contribution in [-0.2, 0) is 0 Å². The maximum Gasteiger partial charge on any atom is 0.176 e. The van der Waals surface area contributed by atoms with Crippen molar-refractivity contribution < 1.29 is 9.53 Å². The second kappa shape index (κ2) is 4.57. The van der Waals surface area contributed by atoms with Gasteiger partial charge in [0, 0.05) is 5.56 Å². The van der Waals surface area contributed by atoms with E-state index in [-0.39, 0.29) is 12.3 Å². The summed E-state index contributed by atoms with van der Waals surface area (Å²) in [5.74, 6) is 0.570. The van der Waals surface area contributed by atoms with E-state index < -0.39 is 0 Å². The van der Waals surface area contributed by atoms with Crippen LogP contribution in [-0.4, -0.2) is 19.4 Å². The third-order valence-electron chi connectivity index (χ3n) is 1.98. The van der Waals surface area contributed by atoms with Crippen molar-refractivity contribution in [2.24, 2.45) is 5.73 Å². The second-order valence-corrected chi connectivity index (χ2v) is 3.78. The van der Waals surface area contributed by atoms with Crippen molar-refractivity contribution in [3.8, 4) is 5.75 Å². The van der Waals surface area contributed by atoms with Gasteiger partial charge in [-0.25, -0.2) is 0 Å². The fraction of sp³-hybridized carbons (Fsp3) is 0.300. The quantitative estimate of drug-likeness (QED) is 0.842. The monoisotopic (exact) mass is 257 g/mol. The highest BCUT2D eigenvalue weighted by molar-refractivity contribution is 9.10. The first-order valence-corrected chi connectivity index (χ1v) is 4.96. The lowest BCUT2D eigenvalue weighted by Crippen LogP contribution is -2.14. The summed E-state index contributed by atoms with van der Waals surface area (Å²) in [5, 5.41) is 0. The van der Waals surface area contributed by atoms with Crippen LogP contribution in [0.2, 0.25) is 0 Å². The molecule has 0 aliphatic heterocycles. The Labute approximate surface area is 91.4 Å². The zero-order valence-electron chi connectivity index (χ0n) is 8.13. The highest BCUT2D eigenvalue weighted by atomic mass is 79.9. The van der Waals surface area contributed by atoms with E-state index in [0.29, 0.717) is 11.3 Å². The number of rotatable bonds is 3. The number of aryl methyl sites for hydroxylation is 1. The summed E-state index contributed by atoms with van der Waals surface area (Å²) in [5.41, 5.74) is 6.81. The smallest absolute Gasteiger partial charge is 0.176 e. The highest BCUT2D eigenvalue weighted by Crippen LogP contribution is 2.28. The van der Waals surface area contributed by atoms with Gasteiger partial charge < -0.3 is 10.5 Å². The highest BCUT2D eigenvalue weighted by Gasteiger charge is 2.11. The molecule has 1 rings (SSSR count). The van der Waals surface area contributed by atoms with Gasteiger partial charge in [0.05, 0.1) is 18.1 Å². The number of methoxy groups -OCH3 is 1.